The van der Waals surface area contributed by atoms with Crippen LogP contribution in [-0.4, -0.2) is 41.5 Å². The van der Waals surface area contributed by atoms with E-state index in [9.17, 15) is 4.79 Å². The second-order valence-electron chi connectivity index (χ2n) is 6.38. The minimum Gasteiger partial charge on any atom is -0.493 e. The molecule has 1 aliphatic carbocycles. The Morgan fingerprint density at radius 3 is 1.93 bits per heavy atom. The molecule has 0 aromatic heterocycles. The van der Waals surface area contributed by atoms with E-state index in [4.69, 9.17) is 23.7 Å². The Balaban J connectivity index is 1.88. The zero-order chi connectivity index (χ0) is 20.3. The van der Waals surface area contributed by atoms with Crippen molar-refractivity contribution in [3.63, 3.8) is 0 Å². The second kappa shape index (κ2) is 8.29. The summed E-state index contributed by atoms with van der Waals surface area (Å²) in [6.45, 7) is 0. The van der Waals surface area contributed by atoms with E-state index in [1.165, 1.54) is 21.3 Å². The van der Waals surface area contributed by atoms with Gasteiger partial charge in [-0.25, -0.2) is 0 Å². The van der Waals surface area contributed by atoms with Crippen molar-refractivity contribution in [3.05, 3.63) is 41.0 Å². The number of hydrogen-bond acceptors (Lipinski definition) is 6. The van der Waals surface area contributed by atoms with Crippen LogP contribution in [0.2, 0.25) is 0 Å². The summed E-state index contributed by atoms with van der Waals surface area (Å²) >= 11 is 0. The van der Waals surface area contributed by atoms with Gasteiger partial charge in [0.25, 0.3) is 5.91 Å². The summed E-state index contributed by atoms with van der Waals surface area (Å²) in [5.41, 5.74) is 2.62. The average Bonchev–Trinajstić information content (AvgIpc) is 3.12. The van der Waals surface area contributed by atoms with Gasteiger partial charge in [-0.2, -0.15) is 0 Å². The molecule has 7 nitrogen and oxygen atoms in total. The average molecular weight is 387 g/mol. The molecule has 0 aliphatic heterocycles. The SMILES string of the molecule is COc1cc2c(cc1OC)C(NC(=O)c1cc(OC)c(OC)c(OC)c1)CC2. The molecule has 0 bridgehead atoms. The summed E-state index contributed by atoms with van der Waals surface area (Å²) in [6.07, 6.45) is 1.66. The van der Waals surface area contributed by atoms with Crippen molar-refractivity contribution in [2.75, 3.05) is 35.5 Å². The van der Waals surface area contributed by atoms with Gasteiger partial charge in [-0.3, -0.25) is 4.79 Å². The summed E-state index contributed by atoms with van der Waals surface area (Å²) in [4.78, 5) is 12.9. The van der Waals surface area contributed by atoms with E-state index in [0.29, 0.717) is 34.3 Å². The lowest BCUT2D eigenvalue weighted by molar-refractivity contribution is 0.0936. The molecule has 0 radical (unpaired) electrons. The molecule has 2 aromatic carbocycles. The maximum Gasteiger partial charge on any atom is 0.252 e. The number of carbonyl (C=O) groups excluding carboxylic acids is 1. The maximum atomic E-state index is 12.9. The molecule has 0 fully saturated rings. The molecule has 7 heteroatoms. The number of rotatable bonds is 7. The van der Waals surface area contributed by atoms with Gasteiger partial charge in [0.05, 0.1) is 41.6 Å². The van der Waals surface area contributed by atoms with Gasteiger partial charge in [0, 0.05) is 5.56 Å². The van der Waals surface area contributed by atoms with Crippen LogP contribution in [0.5, 0.6) is 28.7 Å². The van der Waals surface area contributed by atoms with Crippen molar-refractivity contribution in [1.29, 1.82) is 0 Å². The van der Waals surface area contributed by atoms with E-state index >= 15 is 0 Å². The highest BCUT2D eigenvalue weighted by Gasteiger charge is 2.27. The van der Waals surface area contributed by atoms with Crippen LogP contribution in [0, 0.1) is 0 Å². The van der Waals surface area contributed by atoms with E-state index in [-0.39, 0.29) is 11.9 Å². The molecular weight excluding hydrogens is 362 g/mol. The van der Waals surface area contributed by atoms with Gasteiger partial charge in [0.15, 0.2) is 23.0 Å². The number of amides is 1. The van der Waals surface area contributed by atoms with Crippen molar-refractivity contribution in [3.8, 4) is 28.7 Å². The van der Waals surface area contributed by atoms with Crippen LogP contribution >= 0.6 is 0 Å². The first-order valence-electron chi connectivity index (χ1n) is 8.91. The highest BCUT2D eigenvalue weighted by atomic mass is 16.5. The van der Waals surface area contributed by atoms with E-state index in [2.05, 4.69) is 5.32 Å². The maximum absolute atomic E-state index is 12.9. The van der Waals surface area contributed by atoms with Crippen LogP contribution in [0.3, 0.4) is 0 Å². The summed E-state index contributed by atoms with van der Waals surface area (Å²) in [7, 11) is 7.78. The Kier molecular flexibility index (Phi) is 5.82. The minimum absolute atomic E-state index is 0.110. The Bertz CT molecular complexity index is 854. The number of benzene rings is 2. The second-order valence-corrected chi connectivity index (χ2v) is 6.38. The molecule has 0 saturated carbocycles. The fourth-order valence-electron chi connectivity index (χ4n) is 3.54. The molecular formula is C21H25NO6. The predicted octanol–water partition coefficient (Wildman–Crippen LogP) is 3.15. The quantitative estimate of drug-likeness (QED) is 0.787. The molecule has 1 aliphatic rings. The summed E-state index contributed by atoms with van der Waals surface area (Å²) in [5.74, 6) is 2.44. The van der Waals surface area contributed by atoms with Crippen molar-refractivity contribution in [1.82, 2.24) is 5.32 Å². The van der Waals surface area contributed by atoms with Crippen molar-refractivity contribution >= 4 is 5.91 Å². The Labute approximate surface area is 164 Å². The number of nitrogens with one attached hydrogen (secondary N) is 1. The zero-order valence-corrected chi connectivity index (χ0v) is 16.8. The molecule has 150 valence electrons. The van der Waals surface area contributed by atoms with Crippen LogP contribution in [0.15, 0.2) is 24.3 Å². The normalized spacial score (nSPS) is 14.8. The number of methoxy groups -OCH3 is 5. The Morgan fingerprint density at radius 1 is 0.821 bits per heavy atom. The van der Waals surface area contributed by atoms with E-state index in [0.717, 1.165) is 24.0 Å². The molecule has 0 heterocycles. The van der Waals surface area contributed by atoms with Crippen LogP contribution in [0.25, 0.3) is 0 Å². The molecule has 1 atom stereocenters. The lowest BCUT2D eigenvalue weighted by Gasteiger charge is -2.18. The van der Waals surface area contributed by atoms with E-state index < -0.39 is 0 Å². The highest BCUT2D eigenvalue weighted by Crippen LogP contribution is 2.40. The van der Waals surface area contributed by atoms with Gasteiger partial charge in [-0.15, -0.1) is 0 Å². The molecule has 1 amide bonds. The molecule has 1 unspecified atom stereocenters. The van der Waals surface area contributed by atoms with Gasteiger partial charge in [-0.1, -0.05) is 0 Å². The fraction of sp³-hybridized carbons (Fsp3) is 0.381. The molecule has 3 rings (SSSR count). The van der Waals surface area contributed by atoms with E-state index in [1.807, 2.05) is 12.1 Å². The number of fused-ring (bicyclic) bond motifs is 1. The monoisotopic (exact) mass is 387 g/mol. The van der Waals surface area contributed by atoms with Gasteiger partial charge < -0.3 is 29.0 Å². The first-order valence-corrected chi connectivity index (χ1v) is 8.91. The number of aryl methyl sites for hydroxylation is 1. The predicted molar refractivity (Wildman–Crippen MR) is 104 cm³/mol. The highest BCUT2D eigenvalue weighted by molar-refractivity contribution is 5.96. The third-order valence-corrected chi connectivity index (χ3v) is 4.96. The first kappa shape index (κ1) is 19.7. The standard InChI is InChI=1S/C21H25NO6/c1-24-16-8-12-6-7-15(14(12)11-17(16)25-2)22-21(23)13-9-18(26-3)20(28-5)19(10-13)27-4/h8-11,15H,6-7H2,1-5H3,(H,22,23). The third kappa shape index (κ3) is 3.52. The molecule has 0 saturated heterocycles. The number of carbonyl (C=O) groups is 1. The zero-order valence-electron chi connectivity index (χ0n) is 16.8. The smallest absolute Gasteiger partial charge is 0.252 e. The van der Waals surface area contributed by atoms with Crippen molar-refractivity contribution in [2.24, 2.45) is 0 Å². The van der Waals surface area contributed by atoms with Crippen molar-refractivity contribution < 1.29 is 28.5 Å². The summed E-state index contributed by atoms with van der Waals surface area (Å²) in [6, 6.07) is 7.07. The van der Waals surface area contributed by atoms with E-state index in [1.54, 1.807) is 26.4 Å². The number of hydrogen-bond donors (Lipinski definition) is 1. The summed E-state index contributed by atoms with van der Waals surface area (Å²) in [5, 5.41) is 3.09. The van der Waals surface area contributed by atoms with Gasteiger partial charge in [0.1, 0.15) is 0 Å². The Hall–Kier alpha value is -3.09. The summed E-state index contributed by atoms with van der Waals surface area (Å²) < 4.78 is 26.8. The van der Waals surface area contributed by atoms with Crippen LogP contribution in [0.4, 0.5) is 0 Å². The van der Waals surface area contributed by atoms with Crippen LogP contribution in [-0.2, 0) is 6.42 Å². The minimum atomic E-state index is -0.216. The fourth-order valence-corrected chi connectivity index (χ4v) is 3.54. The first-order chi connectivity index (χ1) is 13.6. The lowest BCUT2D eigenvalue weighted by atomic mass is 10.1. The van der Waals surface area contributed by atoms with Gasteiger partial charge in [-0.05, 0) is 48.2 Å². The molecule has 0 spiro atoms. The molecule has 28 heavy (non-hydrogen) atoms. The largest absolute Gasteiger partial charge is 0.493 e. The third-order valence-electron chi connectivity index (χ3n) is 4.96. The molecule has 2 aromatic rings. The number of ether oxygens (including phenoxy) is 5. The van der Waals surface area contributed by atoms with Crippen LogP contribution < -0.4 is 29.0 Å². The van der Waals surface area contributed by atoms with Crippen molar-refractivity contribution in [2.45, 2.75) is 18.9 Å². The molecule has 1 N–H and O–H groups in total. The van der Waals surface area contributed by atoms with Gasteiger partial charge in [0.2, 0.25) is 5.75 Å². The topological polar surface area (TPSA) is 75.3 Å². The van der Waals surface area contributed by atoms with Crippen LogP contribution in [0.1, 0.15) is 33.9 Å². The van der Waals surface area contributed by atoms with Gasteiger partial charge >= 0.3 is 0 Å². The Morgan fingerprint density at radius 2 is 1.39 bits per heavy atom. The lowest BCUT2D eigenvalue weighted by Crippen LogP contribution is -2.27.